The molecule has 1 aliphatic heterocycles. The molecule has 2 aliphatic rings. The zero-order valence-corrected chi connectivity index (χ0v) is 8.86. The minimum absolute atomic E-state index is 0. The number of piperidine rings is 1. The van der Waals surface area contributed by atoms with Crippen molar-refractivity contribution in [2.75, 3.05) is 0 Å². The van der Waals surface area contributed by atoms with Gasteiger partial charge in [0.1, 0.15) is 0 Å². The SMILES string of the molecule is CC(C)NC(=O)[C@@H]1C[C@H]2C[C@H]2N1.Cl. The molecule has 0 aromatic carbocycles. The first-order chi connectivity index (χ1) is 5.66. The lowest BCUT2D eigenvalue weighted by Gasteiger charge is -2.15. The normalized spacial score (nSPS) is 35.2. The molecule has 2 fully saturated rings. The molecule has 1 amide bonds. The lowest BCUT2D eigenvalue weighted by Crippen LogP contribution is -2.44. The van der Waals surface area contributed by atoms with E-state index < -0.39 is 0 Å². The van der Waals surface area contributed by atoms with E-state index in [9.17, 15) is 4.79 Å². The summed E-state index contributed by atoms with van der Waals surface area (Å²) in [4.78, 5) is 11.4. The highest BCUT2D eigenvalue weighted by Gasteiger charge is 2.47. The molecule has 2 N–H and O–H groups in total. The predicted molar refractivity (Wildman–Crippen MR) is 54.0 cm³/mol. The molecule has 3 nitrogen and oxygen atoms in total. The van der Waals surface area contributed by atoms with Gasteiger partial charge in [0.05, 0.1) is 6.04 Å². The summed E-state index contributed by atoms with van der Waals surface area (Å²) in [6.45, 7) is 3.99. The summed E-state index contributed by atoms with van der Waals surface area (Å²) in [5, 5.41) is 6.25. The Balaban J connectivity index is 0.000000845. The highest BCUT2D eigenvalue weighted by atomic mass is 35.5. The van der Waals surface area contributed by atoms with Gasteiger partial charge < -0.3 is 10.6 Å². The van der Waals surface area contributed by atoms with E-state index in [2.05, 4.69) is 10.6 Å². The Kier molecular flexibility index (Phi) is 3.19. The Morgan fingerprint density at radius 2 is 2.15 bits per heavy atom. The van der Waals surface area contributed by atoms with Crippen LogP contribution in [0.5, 0.6) is 0 Å². The third kappa shape index (κ3) is 2.35. The topological polar surface area (TPSA) is 41.1 Å². The van der Waals surface area contributed by atoms with Gasteiger partial charge >= 0.3 is 0 Å². The maximum Gasteiger partial charge on any atom is 0.237 e. The van der Waals surface area contributed by atoms with Gasteiger partial charge in [-0.3, -0.25) is 4.79 Å². The van der Waals surface area contributed by atoms with Crippen LogP contribution in [-0.4, -0.2) is 24.0 Å². The van der Waals surface area contributed by atoms with E-state index >= 15 is 0 Å². The number of carbonyl (C=O) groups excluding carboxylic acids is 1. The zero-order chi connectivity index (χ0) is 8.72. The molecule has 13 heavy (non-hydrogen) atoms. The number of rotatable bonds is 2. The molecule has 76 valence electrons. The molecule has 0 aromatic heterocycles. The molecule has 1 heterocycles. The molecular weight excluding hydrogens is 188 g/mol. The molecule has 1 aliphatic carbocycles. The fraction of sp³-hybridized carbons (Fsp3) is 0.889. The van der Waals surface area contributed by atoms with Crippen LogP contribution in [0.2, 0.25) is 0 Å². The monoisotopic (exact) mass is 204 g/mol. The van der Waals surface area contributed by atoms with Crippen LogP contribution < -0.4 is 10.6 Å². The second-order valence-electron chi connectivity index (χ2n) is 4.22. The van der Waals surface area contributed by atoms with Crippen LogP contribution >= 0.6 is 12.4 Å². The lowest BCUT2D eigenvalue weighted by atomic mass is 10.1. The van der Waals surface area contributed by atoms with Crippen molar-refractivity contribution >= 4 is 18.3 Å². The first kappa shape index (κ1) is 10.8. The smallest absolute Gasteiger partial charge is 0.237 e. The van der Waals surface area contributed by atoms with E-state index in [-0.39, 0.29) is 30.4 Å². The van der Waals surface area contributed by atoms with Crippen LogP contribution in [0.25, 0.3) is 0 Å². The molecule has 4 heteroatoms. The van der Waals surface area contributed by atoms with Crippen molar-refractivity contribution in [1.29, 1.82) is 0 Å². The van der Waals surface area contributed by atoms with E-state index in [1.54, 1.807) is 0 Å². The molecule has 0 radical (unpaired) electrons. The molecule has 1 saturated carbocycles. The number of hydrogen-bond donors (Lipinski definition) is 2. The van der Waals surface area contributed by atoms with Gasteiger partial charge in [-0.1, -0.05) is 0 Å². The summed E-state index contributed by atoms with van der Waals surface area (Å²) >= 11 is 0. The average Bonchev–Trinajstić information content (AvgIpc) is 2.57. The van der Waals surface area contributed by atoms with E-state index in [1.165, 1.54) is 6.42 Å². The summed E-state index contributed by atoms with van der Waals surface area (Å²) in [6.07, 6.45) is 2.33. The van der Waals surface area contributed by atoms with Crippen LogP contribution in [0, 0.1) is 5.92 Å². The Hall–Kier alpha value is -0.280. The van der Waals surface area contributed by atoms with Crippen molar-refractivity contribution in [1.82, 2.24) is 10.6 Å². The van der Waals surface area contributed by atoms with Crippen LogP contribution in [0.1, 0.15) is 26.7 Å². The van der Waals surface area contributed by atoms with Gasteiger partial charge in [-0.25, -0.2) is 0 Å². The van der Waals surface area contributed by atoms with Crippen LogP contribution in [-0.2, 0) is 4.79 Å². The number of carbonyl (C=O) groups is 1. The van der Waals surface area contributed by atoms with Crippen LogP contribution in [0.15, 0.2) is 0 Å². The Morgan fingerprint density at radius 1 is 1.46 bits per heavy atom. The summed E-state index contributed by atoms with van der Waals surface area (Å²) in [5.41, 5.74) is 0. The van der Waals surface area contributed by atoms with E-state index in [0.717, 1.165) is 12.3 Å². The number of amides is 1. The van der Waals surface area contributed by atoms with E-state index in [0.29, 0.717) is 6.04 Å². The largest absolute Gasteiger partial charge is 0.353 e. The number of nitrogens with one attached hydrogen (secondary N) is 2. The van der Waals surface area contributed by atoms with E-state index in [4.69, 9.17) is 0 Å². The summed E-state index contributed by atoms with van der Waals surface area (Å²) in [6, 6.07) is 1.01. The van der Waals surface area contributed by atoms with E-state index in [1.807, 2.05) is 13.8 Å². The number of fused-ring (bicyclic) bond motifs is 1. The standard InChI is InChI=1S/C9H16N2O.ClH/c1-5(2)10-9(12)8-4-6-3-7(6)11-8;/h5-8,11H,3-4H2,1-2H3,(H,10,12);1H/t6-,7-,8+;/m1./s1. The number of hydrogen-bond acceptors (Lipinski definition) is 2. The Labute approximate surface area is 85.1 Å². The van der Waals surface area contributed by atoms with Gasteiger partial charge in [-0.2, -0.15) is 0 Å². The molecule has 1 saturated heterocycles. The Bertz CT molecular complexity index is 198. The molecule has 0 bridgehead atoms. The summed E-state index contributed by atoms with van der Waals surface area (Å²) in [5.74, 6) is 0.977. The van der Waals surface area contributed by atoms with Gasteiger partial charge in [0, 0.05) is 12.1 Å². The molecule has 2 rings (SSSR count). The second kappa shape index (κ2) is 3.84. The van der Waals surface area contributed by atoms with Crippen molar-refractivity contribution in [2.24, 2.45) is 5.92 Å². The van der Waals surface area contributed by atoms with Crippen LogP contribution in [0.4, 0.5) is 0 Å². The summed E-state index contributed by atoms with van der Waals surface area (Å²) in [7, 11) is 0. The van der Waals surface area contributed by atoms with Crippen molar-refractivity contribution in [3.8, 4) is 0 Å². The first-order valence-corrected chi connectivity index (χ1v) is 4.73. The average molecular weight is 205 g/mol. The second-order valence-corrected chi connectivity index (χ2v) is 4.22. The van der Waals surface area contributed by atoms with Gasteiger partial charge in [-0.05, 0) is 32.6 Å². The summed E-state index contributed by atoms with van der Waals surface area (Å²) < 4.78 is 0. The van der Waals surface area contributed by atoms with Gasteiger partial charge in [0.15, 0.2) is 0 Å². The first-order valence-electron chi connectivity index (χ1n) is 4.73. The highest BCUT2D eigenvalue weighted by Crippen LogP contribution is 2.40. The molecule has 3 atom stereocenters. The minimum atomic E-state index is 0. The third-order valence-corrected chi connectivity index (χ3v) is 2.62. The molecule has 0 aromatic rings. The maximum absolute atomic E-state index is 11.4. The predicted octanol–water partition coefficient (Wildman–Crippen LogP) is 0.683. The fourth-order valence-corrected chi connectivity index (χ4v) is 1.91. The molecule has 0 unspecified atom stereocenters. The highest BCUT2D eigenvalue weighted by molar-refractivity contribution is 5.85. The minimum Gasteiger partial charge on any atom is -0.353 e. The van der Waals surface area contributed by atoms with Crippen molar-refractivity contribution in [2.45, 2.75) is 44.8 Å². The van der Waals surface area contributed by atoms with Gasteiger partial charge in [0.2, 0.25) is 5.91 Å². The van der Waals surface area contributed by atoms with Crippen molar-refractivity contribution in [3.05, 3.63) is 0 Å². The quantitative estimate of drug-likeness (QED) is 0.695. The fourth-order valence-electron chi connectivity index (χ4n) is 1.91. The van der Waals surface area contributed by atoms with Crippen molar-refractivity contribution in [3.63, 3.8) is 0 Å². The number of halogens is 1. The van der Waals surface area contributed by atoms with Crippen molar-refractivity contribution < 1.29 is 4.79 Å². The lowest BCUT2D eigenvalue weighted by molar-refractivity contribution is -0.123. The maximum atomic E-state index is 11.4. The van der Waals surface area contributed by atoms with Gasteiger partial charge in [0.25, 0.3) is 0 Å². The third-order valence-electron chi connectivity index (χ3n) is 2.62. The molecular formula is C9H17ClN2O. The van der Waals surface area contributed by atoms with Gasteiger partial charge in [-0.15, -0.1) is 12.4 Å². The Morgan fingerprint density at radius 3 is 2.62 bits per heavy atom. The van der Waals surface area contributed by atoms with Crippen LogP contribution in [0.3, 0.4) is 0 Å². The zero-order valence-electron chi connectivity index (χ0n) is 8.04. The molecule has 0 spiro atoms.